The van der Waals surface area contributed by atoms with Crippen molar-refractivity contribution < 1.29 is 18.0 Å². The van der Waals surface area contributed by atoms with Crippen molar-refractivity contribution >= 4 is 11.7 Å². The quantitative estimate of drug-likeness (QED) is 0.933. The van der Waals surface area contributed by atoms with E-state index in [0.717, 1.165) is 18.9 Å². The Balaban J connectivity index is 2.15. The molecule has 0 bridgehead atoms. The van der Waals surface area contributed by atoms with Crippen molar-refractivity contribution in [3.63, 3.8) is 0 Å². The second kappa shape index (κ2) is 6.54. The zero-order valence-corrected chi connectivity index (χ0v) is 12.7. The van der Waals surface area contributed by atoms with Crippen molar-refractivity contribution in [2.24, 2.45) is 5.92 Å². The number of anilines is 1. The molecular formula is C15H20F3N3O. The van der Waals surface area contributed by atoms with Gasteiger partial charge >= 0.3 is 6.18 Å². The first-order valence-electron chi connectivity index (χ1n) is 7.36. The lowest BCUT2D eigenvalue weighted by Crippen LogP contribution is -2.49. The Hall–Kier alpha value is -1.79. The van der Waals surface area contributed by atoms with Crippen LogP contribution in [0.25, 0.3) is 0 Å². The summed E-state index contributed by atoms with van der Waals surface area (Å²) in [6.45, 7) is 4.43. The molecular weight excluding hydrogens is 295 g/mol. The molecule has 22 heavy (non-hydrogen) atoms. The molecule has 1 atom stereocenters. The second-order valence-electron chi connectivity index (χ2n) is 5.82. The van der Waals surface area contributed by atoms with E-state index < -0.39 is 11.7 Å². The molecule has 0 radical (unpaired) electrons. The molecule has 2 heterocycles. The van der Waals surface area contributed by atoms with Crippen LogP contribution in [0.2, 0.25) is 0 Å². The van der Waals surface area contributed by atoms with E-state index in [4.69, 9.17) is 0 Å². The topological polar surface area (TPSA) is 45.2 Å². The number of rotatable bonds is 3. The third-order valence-electron chi connectivity index (χ3n) is 3.68. The van der Waals surface area contributed by atoms with Gasteiger partial charge in [-0.3, -0.25) is 4.79 Å². The van der Waals surface area contributed by atoms with Crippen molar-refractivity contribution in [3.8, 4) is 0 Å². The van der Waals surface area contributed by atoms with Gasteiger partial charge in [-0.1, -0.05) is 13.8 Å². The molecule has 1 N–H and O–H groups in total. The monoisotopic (exact) mass is 315 g/mol. The first kappa shape index (κ1) is 16.6. The minimum absolute atomic E-state index is 0.0569. The van der Waals surface area contributed by atoms with Crippen LogP contribution in [0.4, 0.5) is 19.0 Å². The molecule has 0 aliphatic carbocycles. The Morgan fingerprint density at radius 3 is 2.82 bits per heavy atom. The van der Waals surface area contributed by atoms with Crippen LogP contribution in [0, 0.1) is 5.92 Å². The number of amides is 1. The first-order chi connectivity index (χ1) is 10.3. The molecule has 0 spiro atoms. The number of hydrogen-bond acceptors (Lipinski definition) is 3. The Morgan fingerprint density at radius 1 is 1.45 bits per heavy atom. The molecule has 1 unspecified atom stereocenters. The van der Waals surface area contributed by atoms with Crippen molar-refractivity contribution in [1.29, 1.82) is 0 Å². The molecule has 1 aliphatic heterocycles. The van der Waals surface area contributed by atoms with Gasteiger partial charge in [0.1, 0.15) is 5.82 Å². The van der Waals surface area contributed by atoms with Crippen LogP contribution in [0.3, 0.4) is 0 Å². The zero-order chi connectivity index (χ0) is 16.3. The van der Waals surface area contributed by atoms with Gasteiger partial charge in [-0.15, -0.1) is 0 Å². The summed E-state index contributed by atoms with van der Waals surface area (Å²) in [7, 11) is 0. The Kier molecular flexibility index (Phi) is 4.93. The molecule has 7 heteroatoms. The highest BCUT2D eigenvalue weighted by molar-refractivity contribution is 5.78. The van der Waals surface area contributed by atoms with E-state index in [1.807, 2.05) is 0 Å². The Labute approximate surface area is 127 Å². The lowest BCUT2D eigenvalue weighted by Gasteiger charge is -2.35. The summed E-state index contributed by atoms with van der Waals surface area (Å²) < 4.78 is 39.2. The van der Waals surface area contributed by atoms with Gasteiger partial charge in [0.05, 0.1) is 5.56 Å². The van der Waals surface area contributed by atoms with E-state index in [1.165, 1.54) is 12.3 Å². The number of nitrogens with zero attached hydrogens (tertiary/aromatic N) is 2. The summed E-state index contributed by atoms with van der Waals surface area (Å²) in [4.78, 5) is 17.3. The van der Waals surface area contributed by atoms with Crippen LogP contribution >= 0.6 is 0 Å². The van der Waals surface area contributed by atoms with Crippen LogP contribution in [0.15, 0.2) is 18.3 Å². The van der Waals surface area contributed by atoms with Gasteiger partial charge in [0.15, 0.2) is 0 Å². The van der Waals surface area contributed by atoms with Crippen LogP contribution in [0.5, 0.6) is 0 Å². The summed E-state index contributed by atoms with van der Waals surface area (Å²) in [6.07, 6.45) is -1.58. The highest BCUT2D eigenvalue weighted by Crippen LogP contribution is 2.35. The summed E-state index contributed by atoms with van der Waals surface area (Å²) in [6, 6.07) is 2.18. The van der Waals surface area contributed by atoms with Crippen LogP contribution in [0.1, 0.15) is 32.3 Å². The molecule has 1 aliphatic rings. The van der Waals surface area contributed by atoms with E-state index in [9.17, 15) is 18.0 Å². The van der Waals surface area contributed by atoms with E-state index in [1.54, 1.807) is 18.7 Å². The fourth-order valence-electron chi connectivity index (χ4n) is 2.53. The van der Waals surface area contributed by atoms with Gasteiger partial charge < -0.3 is 10.2 Å². The maximum Gasteiger partial charge on any atom is 0.419 e. The largest absolute Gasteiger partial charge is 0.419 e. The summed E-state index contributed by atoms with van der Waals surface area (Å²) in [5.74, 6) is -0.279. The highest BCUT2D eigenvalue weighted by atomic mass is 19.4. The van der Waals surface area contributed by atoms with Crippen molar-refractivity contribution in [1.82, 2.24) is 10.3 Å². The number of halogens is 3. The number of nitrogens with one attached hydrogen (secondary N) is 1. The van der Waals surface area contributed by atoms with Crippen molar-refractivity contribution in [2.75, 3.05) is 18.0 Å². The minimum Gasteiger partial charge on any atom is -0.354 e. The number of pyridine rings is 1. The second-order valence-corrected chi connectivity index (χ2v) is 5.82. The number of hydrogen-bond donors (Lipinski definition) is 1. The number of piperidine rings is 1. The van der Waals surface area contributed by atoms with Crippen molar-refractivity contribution in [2.45, 2.75) is 38.9 Å². The molecule has 2 rings (SSSR count). The van der Waals surface area contributed by atoms with E-state index in [2.05, 4.69) is 10.3 Å². The van der Waals surface area contributed by atoms with Crippen LogP contribution in [-0.4, -0.2) is 30.0 Å². The predicted octanol–water partition coefficient (Wildman–Crippen LogP) is 2.84. The normalized spacial score (nSPS) is 19.4. The molecule has 1 aromatic rings. The first-order valence-corrected chi connectivity index (χ1v) is 7.36. The molecule has 122 valence electrons. The Bertz CT molecular complexity index is 531. The molecule has 0 saturated carbocycles. The van der Waals surface area contributed by atoms with Crippen LogP contribution < -0.4 is 10.2 Å². The SMILES string of the molecule is CC(C)C(=O)NC1CCCN(c2ncccc2C(F)(F)F)C1. The molecule has 1 saturated heterocycles. The van der Waals surface area contributed by atoms with Gasteiger partial charge in [-0.25, -0.2) is 4.98 Å². The van der Waals surface area contributed by atoms with E-state index in [-0.39, 0.29) is 23.7 Å². The molecule has 1 fully saturated rings. The number of aromatic nitrogens is 1. The molecule has 1 amide bonds. The van der Waals surface area contributed by atoms with Gasteiger partial charge in [-0.2, -0.15) is 13.2 Å². The number of carbonyl (C=O) groups is 1. The van der Waals surface area contributed by atoms with Gasteiger partial charge in [0.25, 0.3) is 0 Å². The molecule has 1 aromatic heterocycles. The van der Waals surface area contributed by atoms with E-state index >= 15 is 0 Å². The van der Waals surface area contributed by atoms with Gasteiger partial charge in [0, 0.05) is 31.2 Å². The molecule has 4 nitrogen and oxygen atoms in total. The summed E-state index contributed by atoms with van der Waals surface area (Å²) >= 11 is 0. The maximum atomic E-state index is 13.1. The summed E-state index contributed by atoms with van der Waals surface area (Å²) in [5, 5.41) is 2.89. The van der Waals surface area contributed by atoms with Crippen LogP contribution in [-0.2, 0) is 11.0 Å². The average molecular weight is 315 g/mol. The third kappa shape index (κ3) is 3.90. The summed E-state index contributed by atoms with van der Waals surface area (Å²) in [5.41, 5.74) is -0.731. The highest BCUT2D eigenvalue weighted by Gasteiger charge is 2.36. The number of carbonyl (C=O) groups excluding carboxylic acids is 1. The smallest absolute Gasteiger partial charge is 0.354 e. The average Bonchev–Trinajstić information content (AvgIpc) is 2.46. The van der Waals surface area contributed by atoms with Crippen molar-refractivity contribution in [3.05, 3.63) is 23.9 Å². The molecule has 0 aromatic carbocycles. The lowest BCUT2D eigenvalue weighted by molar-refractivity contribution is -0.137. The standard InChI is InChI=1S/C15H20F3N3O/c1-10(2)14(22)20-11-5-4-8-21(9-11)13-12(15(16,17)18)6-3-7-19-13/h3,6-7,10-11H,4-5,8-9H2,1-2H3,(H,20,22). The predicted molar refractivity (Wildman–Crippen MR) is 77.5 cm³/mol. The number of alkyl halides is 3. The fraction of sp³-hybridized carbons (Fsp3) is 0.600. The fourth-order valence-corrected chi connectivity index (χ4v) is 2.53. The lowest BCUT2D eigenvalue weighted by atomic mass is 10.0. The zero-order valence-electron chi connectivity index (χ0n) is 12.7. The van der Waals surface area contributed by atoms with E-state index in [0.29, 0.717) is 13.1 Å². The maximum absolute atomic E-state index is 13.1. The van der Waals surface area contributed by atoms with Gasteiger partial charge in [0.2, 0.25) is 5.91 Å². The minimum atomic E-state index is -4.43. The van der Waals surface area contributed by atoms with Gasteiger partial charge in [-0.05, 0) is 25.0 Å². The third-order valence-corrected chi connectivity index (χ3v) is 3.68. The Morgan fingerprint density at radius 2 is 2.18 bits per heavy atom.